The Hall–Kier alpha value is -16.8. The van der Waals surface area contributed by atoms with Crippen LogP contribution in [0.5, 0.6) is 0 Å². The molecule has 24 aromatic carbocycles. The van der Waals surface area contributed by atoms with Gasteiger partial charge in [0, 0.05) is 43.7 Å². The molecule has 0 bridgehead atoms. The fraction of sp³-hybridized carbons (Fsp3) is 0.0455. The molecule has 0 amide bonds. The minimum Gasteiger partial charge on any atom is -0.309 e. The molecule has 2 nitrogen and oxygen atoms in total. The van der Waals surface area contributed by atoms with Crippen molar-refractivity contribution in [3.05, 3.63) is 495 Å². The lowest BCUT2D eigenvalue weighted by atomic mass is 9.77. The molecule has 2 aliphatic carbocycles. The lowest BCUT2D eigenvalue weighted by molar-refractivity contribution is 0.662. The van der Waals surface area contributed by atoms with Crippen molar-refractivity contribution >= 4 is 141 Å². The summed E-state index contributed by atoms with van der Waals surface area (Å²) in [6.45, 7) is 9.59. The lowest BCUT2D eigenvalue weighted by Gasteiger charge is -2.26. The Bertz CT molecular complexity index is 9080. The van der Waals surface area contributed by atoms with E-state index in [9.17, 15) is 0 Å². The van der Waals surface area contributed by atoms with Gasteiger partial charge in [-0.1, -0.05) is 416 Å². The Morgan fingerprint density at radius 2 is 0.366 bits per heavy atom. The van der Waals surface area contributed by atoms with Crippen molar-refractivity contribution in [2.24, 2.45) is 0 Å². The van der Waals surface area contributed by atoms with E-state index in [-0.39, 0.29) is 10.8 Å². The van der Waals surface area contributed by atoms with Crippen molar-refractivity contribution in [2.45, 2.75) is 38.5 Å². The lowest BCUT2D eigenvalue weighted by Crippen LogP contribution is -2.16. The average molecular weight is 1700 g/mol. The van der Waals surface area contributed by atoms with Gasteiger partial charge in [0.05, 0.1) is 22.1 Å². The Labute approximate surface area is 778 Å². The van der Waals surface area contributed by atoms with Crippen LogP contribution in [-0.4, -0.2) is 9.13 Å². The predicted octanol–water partition coefficient (Wildman–Crippen LogP) is 36.2. The van der Waals surface area contributed by atoms with Gasteiger partial charge in [-0.05, 0) is 293 Å². The fourth-order valence-electron chi connectivity index (χ4n) is 23.4. The van der Waals surface area contributed by atoms with Crippen LogP contribution in [0.3, 0.4) is 0 Å². The Morgan fingerprint density at radius 1 is 0.134 bits per heavy atom. The first-order chi connectivity index (χ1) is 66.0. The van der Waals surface area contributed by atoms with E-state index < -0.39 is 0 Å². The topological polar surface area (TPSA) is 9.86 Å². The SMILES string of the molecule is CC1(C)c2ccccc2-c2cccc(-c3cc(-c4ccc5c6ccccc6c6ccccc6c5c4)cc(-c4cccc5c4C(C)(C)c4ccccc4-5)c3)c21.c1ccc(-n2c3ccccc3c3ccc(-c4ccc(-c5ccc6c7ccccc7c7ccccc7c6c5)cc4)cc32)cc1.c1ccc2c(c1)c1ccccc1c1cc(-c3ccc(-n4c5ccccc5c5ccccc54)cc3)ccc21. The van der Waals surface area contributed by atoms with Gasteiger partial charge in [-0.25, -0.2) is 0 Å². The van der Waals surface area contributed by atoms with Crippen LogP contribution in [0.25, 0.3) is 241 Å². The van der Waals surface area contributed by atoms with Crippen LogP contribution in [0.15, 0.2) is 473 Å². The summed E-state index contributed by atoms with van der Waals surface area (Å²) >= 11 is 0. The molecule has 2 heterocycles. The second kappa shape index (κ2) is 31.0. The first-order valence-corrected chi connectivity index (χ1v) is 46.9. The highest BCUT2D eigenvalue weighted by Crippen LogP contribution is 2.56. The third-order valence-electron chi connectivity index (χ3n) is 29.6. The zero-order valence-corrected chi connectivity index (χ0v) is 74.9. The van der Waals surface area contributed by atoms with Gasteiger partial charge in [0.25, 0.3) is 0 Å². The van der Waals surface area contributed by atoms with Gasteiger partial charge in [0.2, 0.25) is 0 Å². The monoisotopic (exact) mass is 1700 g/mol. The molecule has 0 saturated heterocycles. The van der Waals surface area contributed by atoms with Crippen molar-refractivity contribution in [3.63, 3.8) is 0 Å². The molecule has 0 atom stereocenters. The first-order valence-electron chi connectivity index (χ1n) is 46.9. The van der Waals surface area contributed by atoms with E-state index in [1.165, 1.54) is 263 Å². The average Bonchev–Trinajstić information content (AvgIpc) is 1.52. The summed E-state index contributed by atoms with van der Waals surface area (Å²) in [6, 6.07) is 175. The van der Waals surface area contributed by atoms with Gasteiger partial charge in [0.1, 0.15) is 0 Å². The van der Waals surface area contributed by atoms with Crippen molar-refractivity contribution in [1.29, 1.82) is 0 Å². The highest BCUT2D eigenvalue weighted by Gasteiger charge is 2.40. The van der Waals surface area contributed by atoms with Gasteiger partial charge in [-0.3, -0.25) is 0 Å². The van der Waals surface area contributed by atoms with Crippen LogP contribution >= 0.6 is 0 Å². The maximum absolute atomic E-state index is 2.47. The molecule has 28 rings (SSSR count). The summed E-state index contributed by atoms with van der Waals surface area (Å²) in [4.78, 5) is 0. The summed E-state index contributed by atoms with van der Waals surface area (Å²) in [7, 11) is 0. The third-order valence-corrected chi connectivity index (χ3v) is 29.6. The highest BCUT2D eigenvalue weighted by atomic mass is 15.0. The number of para-hydroxylation sites is 4. The largest absolute Gasteiger partial charge is 0.309 e. The minimum absolute atomic E-state index is 0.126. The molecule has 2 aromatic heterocycles. The summed E-state index contributed by atoms with van der Waals surface area (Å²) in [5.41, 5.74) is 33.0. The molecule has 2 aliphatic rings. The maximum atomic E-state index is 2.47. The number of nitrogens with zero attached hydrogens (tertiary/aromatic N) is 2. The van der Waals surface area contributed by atoms with Crippen LogP contribution in [0, 0.1) is 0 Å². The number of fused-ring (bicyclic) bond motifs is 30. The third kappa shape index (κ3) is 12.4. The van der Waals surface area contributed by atoms with Crippen LogP contribution in [0.1, 0.15) is 49.9 Å². The molecular weight excluding hydrogens is 1610 g/mol. The fourth-order valence-corrected chi connectivity index (χ4v) is 23.4. The molecule has 0 spiro atoms. The summed E-state index contributed by atoms with van der Waals surface area (Å²) in [6.07, 6.45) is 0. The van der Waals surface area contributed by atoms with Gasteiger partial charge in [-0.15, -0.1) is 0 Å². The van der Waals surface area contributed by atoms with E-state index in [4.69, 9.17) is 0 Å². The Morgan fingerprint density at radius 3 is 0.731 bits per heavy atom. The number of hydrogen-bond acceptors (Lipinski definition) is 0. The molecule has 0 N–H and O–H groups in total. The van der Waals surface area contributed by atoms with Crippen molar-refractivity contribution in [3.8, 4) is 100 Å². The molecule has 0 unspecified atom stereocenters. The van der Waals surface area contributed by atoms with Gasteiger partial charge < -0.3 is 9.13 Å². The van der Waals surface area contributed by atoms with Gasteiger partial charge >= 0.3 is 0 Å². The predicted molar refractivity (Wildman–Crippen MR) is 573 cm³/mol. The van der Waals surface area contributed by atoms with Crippen LogP contribution in [0.4, 0.5) is 0 Å². The molecule has 628 valence electrons. The van der Waals surface area contributed by atoms with E-state index in [0.29, 0.717) is 0 Å². The molecular formula is C132H90N2. The molecule has 0 fully saturated rings. The molecule has 0 saturated carbocycles. The quantitative estimate of drug-likeness (QED) is 0.134. The Balaban J connectivity index is 0.000000107. The molecule has 134 heavy (non-hydrogen) atoms. The molecule has 0 radical (unpaired) electrons. The molecule has 26 aromatic rings. The highest BCUT2D eigenvalue weighted by molar-refractivity contribution is 6.29. The number of hydrogen-bond donors (Lipinski definition) is 0. The standard InChI is InChI=1S/C54H40.C42H27N.C36H23N/c1-53(2)49-25-11-9-19-44(49)46-23-13-21-37(51(46)53)35-29-34(30-36(31-35)38-22-14-24-47-45-20-10-12-26-50(45)54(3,4)52(38)47)33-27-28-43-41-17-6-5-15-39(41)40-16-7-8-18-42(40)48(43)32-33;1-2-10-32(11-3-1)43-41-17-9-8-16-38(41)39-25-23-31(27-42(39)43)29-20-18-28(19-21-29)30-22-24-37-35-14-5-4-12-33(35)34-13-6-7-15-36(34)40(37)26-30;1-2-11-29-27(9-1)28-10-3-4-12-30(28)34-23-25(19-22-31(29)34)24-17-20-26(21-18-24)37-35-15-7-5-13-32(35)33-14-6-8-16-36(33)37/h5-32H,1-4H3;1-27H;1-23H. The second-order valence-corrected chi connectivity index (χ2v) is 37.6. The van der Waals surface area contributed by atoms with Gasteiger partial charge in [0.15, 0.2) is 0 Å². The molecule has 0 aliphatic heterocycles. The zero-order valence-electron chi connectivity index (χ0n) is 74.9. The van der Waals surface area contributed by atoms with E-state index in [1.54, 1.807) is 0 Å². The zero-order chi connectivity index (χ0) is 89.0. The van der Waals surface area contributed by atoms with Crippen LogP contribution < -0.4 is 0 Å². The maximum Gasteiger partial charge on any atom is 0.0547 e. The minimum atomic E-state index is -0.126. The van der Waals surface area contributed by atoms with Gasteiger partial charge in [-0.2, -0.15) is 0 Å². The van der Waals surface area contributed by atoms with E-state index in [0.717, 1.165) is 0 Å². The van der Waals surface area contributed by atoms with E-state index >= 15 is 0 Å². The van der Waals surface area contributed by atoms with Crippen molar-refractivity contribution < 1.29 is 0 Å². The second-order valence-electron chi connectivity index (χ2n) is 37.6. The summed E-state index contributed by atoms with van der Waals surface area (Å²) in [5, 5.41) is 28.6. The summed E-state index contributed by atoms with van der Waals surface area (Å²) in [5.74, 6) is 0. The number of aromatic nitrogens is 2. The smallest absolute Gasteiger partial charge is 0.0547 e. The summed E-state index contributed by atoms with van der Waals surface area (Å²) < 4.78 is 4.75. The van der Waals surface area contributed by atoms with Crippen LogP contribution in [-0.2, 0) is 10.8 Å². The first kappa shape index (κ1) is 78.3. The number of benzene rings is 24. The van der Waals surface area contributed by atoms with Crippen LogP contribution in [0.2, 0.25) is 0 Å². The number of rotatable bonds is 8. The Kier molecular flexibility index (Phi) is 18.1. The normalized spacial score (nSPS) is 12.9. The van der Waals surface area contributed by atoms with E-state index in [1.807, 2.05) is 0 Å². The van der Waals surface area contributed by atoms with Crippen molar-refractivity contribution in [2.75, 3.05) is 0 Å². The molecule has 2 heteroatoms. The van der Waals surface area contributed by atoms with E-state index in [2.05, 4.69) is 510 Å². The van der Waals surface area contributed by atoms with Crippen molar-refractivity contribution in [1.82, 2.24) is 9.13 Å².